The third kappa shape index (κ3) is 4.88. The van der Waals surface area contributed by atoms with E-state index in [9.17, 15) is 19.2 Å². The third-order valence-corrected chi connectivity index (χ3v) is 6.43. The van der Waals surface area contributed by atoms with Gasteiger partial charge in [-0.3, -0.25) is 24.7 Å². The quantitative estimate of drug-likeness (QED) is 0.658. The van der Waals surface area contributed by atoms with Crippen LogP contribution in [0.15, 0.2) is 0 Å². The Morgan fingerprint density at radius 3 is 2.24 bits per heavy atom. The fourth-order valence-corrected chi connectivity index (χ4v) is 4.28. The molecule has 0 aromatic rings. The van der Waals surface area contributed by atoms with Crippen molar-refractivity contribution in [3.8, 4) is 0 Å². The van der Waals surface area contributed by atoms with E-state index in [0.717, 1.165) is 43.8 Å². The molecule has 29 heavy (non-hydrogen) atoms. The summed E-state index contributed by atoms with van der Waals surface area (Å²) in [6.07, 6.45) is 6.50. The van der Waals surface area contributed by atoms with Gasteiger partial charge in [0.1, 0.15) is 5.54 Å². The fraction of sp³-hybridized carbons (Fsp3) is 0.800. The van der Waals surface area contributed by atoms with Crippen molar-refractivity contribution >= 4 is 23.8 Å². The number of carbonyl (C=O) groups excluding carboxylic acids is 4. The second kappa shape index (κ2) is 9.11. The maximum atomic E-state index is 12.8. The summed E-state index contributed by atoms with van der Waals surface area (Å²) in [6, 6.07) is -0.602. The molecule has 5 amide bonds. The van der Waals surface area contributed by atoms with Gasteiger partial charge < -0.3 is 10.2 Å². The molecule has 9 heteroatoms. The van der Waals surface area contributed by atoms with E-state index >= 15 is 0 Å². The smallest absolute Gasteiger partial charge is 0.342 e. The van der Waals surface area contributed by atoms with Crippen molar-refractivity contribution in [3.63, 3.8) is 0 Å². The Labute approximate surface area is 172 Å². The maximum absolute atomic E-state index is 12.8. The number of hydrogen-bond donors (Lipinski definition) is 2. The fourth-order valence-electron chi connectivity index (χ4n) is 4.28. The Balaban J connectivity index is 1.44. The number of piperidine rings is 1. The van der Waals surface area contributed by atoms with Crippen LogP contribution in [0.5, 0.6) is 0 Å². The topological polar surface area (TPSA) is 102 Å². The number of hydrogen-bond acceptors (Lipinski definition) is 5. The minimum atomic E-state index is -0.976. The molecular weight excluding hydrogens is 374 g/mol. The lowest BCUT2D eigenvalue weighted by Gasteiger charge is -2.33. The van der Waals surface area contributed by atoms with Gasteiger partial charge in [0.05, 0.1) is 6.54 Å². The van der Waals surface area contributed by atoms with Gasteiger partial charge in [-0.25, -0.2) is 4.79 Å². The van der Waals surface area contributed by atoms with Crippen LogP contribution >= 0.6 is 0 Å². The van der Waals surface area contributed by atoms with E-state index in [-0.39, 0.29) is 18.4 Å². The van der Waals surface area contributed by atoms with Crippen LogP contribution in [0.3, 0.4) is 0 Å². The minimum absolute atomic E-state index is 0.0311. The Hall–Kier alpha value is -2.16. The largest absolute Gasteiger partial charge is 0.344 e. The molecular formula is C20H33N5O4. The highest BCUT2D eigenvalue weighted by Gasteiger charge is 2.47. The van der Waals surface area contributed by atoms with E-state index in [1.807, 2.05) is 9.80 Å². The van der Waals surface area contributed by atoms with Crippen molar-refractivity contribution in [2.45, 2.75) is 64.3 Å². The summed E-state index contributed by atoms with van der Waals surface area (Å²) in [7, 11) is 0. The number of imide groups is 1. The molecule has 3 saturated heterocycles. The van der Waals surface area contributed by atoms with E-state index in [0.29, 0.717) is 19.5 Å². The number of likely N-dealkylation sites (tertiary alicyclic amines) is 2. The van der Waals surface area contributed by atoms with Gasteiger partial charge in [-0.15, -0.1) is 0 Å². The first kappa shape index (κ1) is 21.5. The van der Waals surface area contributed by atoms with Crippen molar-refractivity contribution in [1.82, 2.24) is 25.6 Å². The Bertz CT molecular complexity index is 653. The molecule has 0 aromatic carbocycles. The molecule has 3 aliphatic heterocycles. The van der Waals surface area contributed by atoms with Crippen LogP contribution in [0.1, 0.15) is 58.8 Å². The number of carbonyl (C=O) groups is 4. The number of rotatable bonds is 5. The van der Waals surface area contributed by atoms with Gasteiger partial charge in [-0.05, 0) is 52.1 Å². The molecule has 3 fully saturated rings. The van der Waals surface area contributed by atoms with Gasteiger partial charge in [-0.1, -0.05) is 19.8 Å². The van der Waals surface area contributed by atoms with Crippen LogP contribution in [0.2, 0.25) is 0 Å². The molecule has 0 spiro atoms. The highest BCUT2D eigenvalue weighted by molar-refractivity contribution is 6.07. The molecule has 0 unspecified atom stereocenters. The highest BCUT2D eigenvalue weighted by atomic mass is 16.2. The predicted molar refractivity (Wildman–Crippen MR) is 106 cm³/mol. The first-order chi connectivity index (χ1) is 13.8. The van der Waals surface area contributed by atoms with Crippen molar-refractivity contribution in [3.05, 3.63) is 0 Å². The number of nitrogens with one attached hydrogen (secondary N) is 2. The van der Waals surface area contributed by atoms with Crippen LogP contribution in [0, 0.1) is 5.92 Å². The van der Waals surface area contributed by atoms with E-state index in [1.54, 1.807) is 13.8 Å². The zero-order valence-corrected chi connectivity index (χ0v) is 17.5. The molecule has 0 saturated carbocycles. The molecule has 0 aliphatic carbocycles. The molecule has 162 valence electrons. The number of nitrogens with zero attached hydrogens (tertiary/aromatic N) is 3. The zero-order valence-electron chi connectivity index (χ0n) is 17.5. The summed E-state index contributed by atoms with van der Waals surface area (Å²) in [4.78, 5) is 53.5. The summed E-state index contributed by atoms with van der Waals surface area (Å²) >= 11 is 0. The zero-order chi connectivity index (χ0) is 21.0. The summed E-state index contributed by atoms with van der Waals surface area (Å²) in [6.45, 7) is 6.60. The summed E-state index contributed by atoms with van der Waals surface area (Å²) in [5.74, 6) is -0.552. The van der Waals surface area contributed by atoms with Crippen molar-refractivity contribution in [2.75, 3.05) is 32.7 Å². The first-order valence-electron chi connectivity index (χ1n) is 10.8. The average Bonchev–Trinajstić information content (AvgIpc) is 2.92. The van der Waals surface area contributed by atoms with Gasteiger partial charge in [0.2, 0.25) is 5.91 Å². The van der Waals surface area contributed by atoms with Gasteiger partial charge >= 0.3 is 6.03 Å². The van der Waals surface area contributed by atoms with Crippen LogP contribution in [-0.2, 0) is 14.4 Å². The van der Waals surface area contributed by atoms with Gasteiger partial charge in [0, 0.05) is 19.0 Å². The van der Waals surface area contributed by atoms with E-state index < -0.39 is 23.4 Å². The molecule has 0 bridgehead atoms. The normalized spacial score (nSPS) is 27.0. The van der Waals surface area contributed by atoms with Crippen LogP contribution in [0.25, 0.3) is 0 Å². The van der Waals surface area contributed by atoms with Gasteiger partial charge in [-0.2, -0.15) is 5.01 Å². The van der Waals surface area contributed by atoms with Gasteiger partial charge in [0.25, 0.3) is 11.8 Å². The number of hydrazine groups is 1. The third-order valence-electron chi connectivity index (χ3n) is 6.43. The van der Waals surface area contributed by atoms with E-state index in [1.165, 1.54) is 12.8 Å². The lowest BCUT2D eigenvalue weighted by Crippen LogP contribution is -2.52. The number of amides is 5. The second-order valence-corrected chi connectivity index (χ2v) is 8.58. The van der Waals surface area contributed by atoms with Crippen LogP contribution < -0.4 is 10.7 Å². The Morgan fingerprint density at radius 2 is 1.69 bits per heavy atom. The highest BCUT2D eigenvalue weighted by Crippen LogP contribution is 2.22. The Kier molecular flexibility index (Phi) is 6.77. The maximum Gasteiger partial charge on any atom is 0.344 e. The van der Waals surface area contributed by atoms with E-state index in [2.05, 4.69) is 10.7 Å². The van der Waals surface area contributed by atoms with E-state index in [4.69, 9.17) is 0 Å². The SMILES string of the molecule is CC[C@]1(C)NC(=O)N(NC(=O)CN2CCC(C(=O)N3CCCCCC3)CC2)C1=O. The van der Waals surface area contributed by atoms with Crippen molar-refractivity contribution in [2.24, 2.45) is 5.92 Å². The summed E-state index contributed by atoms with van der Waals surface area (Å²) in [5.41, 5.74) is 1.45. The summed E-state index contributed by atoms with van der Waals surface area (Å²) in [5, 5.41) is 3.39. The number of urea groups is 1. The molecule has 2 N–H and O–H groups in total. The molecule has 3 rings (SSSR count). The lowest BCUT2D eigenvalue weighted by atomic mass is 9.95. The first-order valence-corrected chi connectivity index (χ1v) is 10.8. The van der Waals surface area contributed by atoms with Crippen molar-refractivity contribution in [1.29, 1.82) is 0 Å². The predicted octanol–water partition coefficient (Wildman–Crippen LogP) is 0.853. The van der Waals surface area contributed by atoms with Crippen LogP contribution in [-0.4, -0.2) is 76.8 Å². The lowest BCUT2D eigenvalue weighted by molar-refractivity contribution is -0.140. The van der Waals surface area contributed by atoms with Crippen molar-refractivity contribution < 1.29 is 19.2 Å². The average molecular weight is 408 g/mol. The molecule has 1 atom stereocenters. The Morgan fingerprint density at radius 1 is 1.07 bits per heavy atom. The second-order valence-electron chi connectivity index (χ2n) is 8.58. The standard InChI is InChI=1S/C20H33N5O4/c1-3-20(2)18(28)25(19(29)21-20)22-16(26)14-23-12-8-15(9-13-23)17(27)24-10-6-4-5-7-11-24/h15H,3-14H2,1-2H3,(H,21,29)(H,22,26)/t20-/m0/s1. The summed E-state index contributed by atoms with van der Waals surface area (Å²) < 4.78 is 0. The monoisotopic (exact) mass is 407 g/mol. The van der Waals surface area contributed by atoms with Gasteiger partial charge in [0.15, 0.2) is 0 Å². The molecule has 0 aromatic heterocycles. The minimum Gasteiger partial charge on any atom is -0.342 e. The van der Waals surface area contributed by atoms with Crippen LogP contribution in [0.4, 0.5) is 4.79 Å². The molecule has 3 aliphatic rings. The molecule has 9 nitrogen and oxygen atoms in total. The molecule has 0 radical (unpaired) electrons. The molecule has 3 heterocycles.